The summed E-state index contributed by atoms with van der Waals surface area (Å²) in [7, 11) is 0. The van der Waals surface area contributed by atoms with Gasteiger partial charge in [-0.25, -0.2) is 0 Å². The Kier molecular flexibility index (Phi) is 1.92. The summed E-state index contributed by atoms with van der Waals surface area (Å²) in [6.45, 7) is 4.27. The van der Waals surface area contributed by atoms with Crippen LogP contribution in [0.25, 0.3) is 0 Å². The molecule has 1 heteroatoms. The molecule has 0 radical (unpaired) electrons. The minimum Gasteiger partial charge on any atom is -0.321 e. The second kappa shape index (κ2) is 2.85. The number of aryl methyl sites for hydroxylation is 1. The molecule has 1 aromatic carbocycles. The van der Waals surface area contributed by atoms with E-state index in [9.17, 15) is 0 Å². The van der Waals surface area contributed by atoms with E-state index in [1.165, 1.54) is 24.0 Å². The number of hydrogen-bond acceptors (Lipinski definition) is 1. The van der Waals surface area contributed by atoms with Crippen LogP contribution in [0.2, 0.25) is 0 Å². The maximum atomic E-state index is 6.31. The lowest BCUT2D eigenvalue weighted by molar-refractivity contribution is 0.427. The first-order valence-corrected chi connectivity index (χ1v) is 4.97. The summed E-state index contributed by atoms with van der Waals surface area (Å²) in [6, 6.07) is 8.56. The van der Waals surface area contributed by atoms with Crippen LogP contribution >= 0.6 is 0 Å². The minimum atomic E-state index is -0.105. The third-order valence-electron chi connectivity index (χ3n) is 3.07. The third kappa shape index (κ3) is 1.61. The topological polar surface area (TPSA) is 26.0 Å². The predicted molar refractivity (Wildman–Crippen MR) is 55.4 cm³/mol. The van der Waals surface area contributed by atoms with E-state index >= 15 is 0 Å². The highest BCUT2D eigenvalue weighted by Crippen LogP contribution is 2.43. The Morgan fingerprint density at radius 2 is 2.08 bits per heavy atom. The molecule has 1 aromatic rings. The molecule has 0 bridgehead atoms. The molecule has 0 amide bonds. The average Bonchev–Trinajstić information content (AvgIpc) is 2.86. The van der Waals surface area contributed by atoms with Crippen LogP contribution < -0.4 is 5.73 Å². The largest absolute Gasteiger partial charge is 0.321 e. The van der Waals surface area contributed by atoms with Crippen molar-refractivity contribution in [2.45, 2.75) is 32.2 Å². The van der Waals surface area contributed by atoms with Gasteiger partial charge in [-0.15, -0.1) is 0 Å². The van der Waals surface area contributed by atoms with E-state index in [0.717, 1.165) is 0 Å². The molecule has 13 heavy (non-hydrogen) atoms. The summed E-state index contributed by atoms with van der Waals surface area (Å²) in [5, 5.41) is 0. The number of nitrogens with two attached hydrogens (primary N) is 1. The van der Waals surface area contributed by atoms with Crippen molar-refractivity contribution in [3.05, 3.63) is 35.4 Å². The Morgan fingerprint density at radius 1 is 1.38 bits per heavy atom. The van der Waals surface area contributed by atoms with E-state index in [0.29, 0.717) is 5.92 Å². The molecule has 0 aliphatic heterocycles. The van der Waals surface area contributed by atoms with Gasteiger partial charge in [-0.1, -0.05) is 29.8 Å². The fourth-order valence-electron chi connectivity index (χ4n) is 1.90. The molecule has 1 unspecified atom stereocenters. The van der Waals surface area contributed by atoms with Gasteiger partial charge >= 0.3 is 0 Å². The molecule has 1 atom stereocenters. The monoisotopic (exact) mass is 175 g/mol. The fraction of sp³-hybridized carbons (Fsp3) is 0.500. The van der Waals surface area contributed by atoms with Crippen molar-refractivity contribution in [1.29, 1.82) is 0 Å². The van der Waals surface area contributed by atoms with Crippen molar-refractivity contribution in [3.8, 4) is 0 Å². The van der Waals surface area contributed by atoms with Gasteiger partial charge in [0.25, 0.3) is 0 Å². The van der Waals surface area contributed by atoms with Gasteiger partial charge in [0.05, 0.1) is 0 Å². The zero-order valence-corrected chi connectivity index (χ0v) is 8.38. The summed E-state index contributed by atoms with van der Waals surface area (Å²) in [5.41, 5.74) is 8.79. The number of benzene rings is 1. The quantitative estimate of drug-likeness (QED) is 0.734. The number of rotatable bonds is 2. The van der Waals surface area contributed by atoms with Gasteiger partial charge in [-0.3, -0.25) is 0 Å². The van der Waals surface area contributed by atoms with Gasteiger partial charge in [0.15, 0.2) is 0 Å². The molecular formula is C12H17N. The van der Waals surface area contributed by atoms with Crippen molar-refractivity contribution < 1.29 is 0 Å². The van der Waals surface area contributed by atoms with E-state index in [-0.39, 0.29) is 5.54 Å². The van der Waals surface area contributed by atoms with E-state index < -0.39 is 0 Å². The van der Waals surface area contributed by atoms with E-state index in [1.807, 2.05) is 0 Å². The van der Waals surface area contributed by atoms with Crippen LogP contribution in [0.1, 0.15) is 30.9 Å². The van der Waals surface area contributed by atoms with Crippen LogP contribution in [0, 0.1) is 12.8 Å². The zero-order valence-electron chi connectivity index (χ0n) is 8.38. The molecule has 0 spiro atoms. The van der Waals surface area contributed by atoms with Crippen molar-refractivity contribution >= 4 is 0 Å². The Labute approximate surface area is 80.0 Å². The molecule has 1 saturated carbocycles. The highest BCUT2D eigenvalue weighted by molar-refractivity contribution is 5.29. The van der Waals surface area contributed by atoms with Crippen LogP contribution in [-0.2, 0) is 5.54 Å². The number of hydrogen-bond donors (Lipinski definition) is 1. The van der Waals surface area contributed by atoms with E-state index in [2.05, 4.69) is 38.1 Å². The SMILES string of the molecule is Cc1cccc(C(C)(N)C2CC2)c1. The minimum absolute atomic E-state index is 0.105. The van der Waals surface area contributed by atoms with Crippen LogP contribution in [0.15, 0.2) is 24.3 Å². The standard InChI is InChI=1S/C12H17N/c1-9-4-3-5-11(8-9)12(2,13)10-6-7-10/h3-5,8,10H,6-7,13H2,1-2H3. The summed E-state index contributed by atoms with van der Waals surface area (Å²) >= 11 is 0. The predicted octanol–water partition coefficient (Wildman–Crippen LogP) is 2.58. The van der Waals surface area contributed by atoms with E-state index in [4.69, 9.17) is 5.73 Å². The van der Waals surface area contributed by atoms with Gasteiger partial charge in [-0.2, -0.15) is 0 Å². The normalized spacial score (nSPS) is 21.2. The molecule has 1 nitrogen and oxygen atoms in total. The molecule has 2 N–H and O–H groups in total. The molecule has 70 valence electrons. The van der Waals surface area contributed by atoms with Gasteiger partial charge in [0.1, 0.15) is 0 Å². The lowest BCUT2D eigenvalue weighted by Gasteiger charge is -2.25. The Hall–Kier alpha value is -0.820. The Bertz CT molecular complexity index is 311. The van der Waals surface area contributed by atoms with Crippen molar-refractivity contribution in [2.75, 3.05) is 0 Å². The van der Waals surface area contributed by atoms with Gasteiger partial charge in [0, 0.05) is 5.54 Å². The summed E-state index contributed by atoms with van der Waals surface area (Å²) < 4.78 is 0. The maximum Gasteiger partial charge on any atom is 0.0409 e. The van der Waals surface area contributed by atoms with E-state index in [1.54, 1.807) is 0 Å². The molecule has 2 rings (SSSR count). The summed E-state index contributed by atoms with van der Waals surface area (Å²) in [5.74, 6) is 0.703. The van der Waals surface area contributed by atoms with Crippen LogP contribution in [0.3, 0.4) is 0 Å². The molecule has 1 fully saturated rings. The Morgan fingerprint density at radius 3 is 2.62 bits per heavy atom. The first-order chi connectivity index (χ1) is 6.10. The van der Waals surface area contributed by atoms with Gasteiger partial charge < -0.3 is 5.73 Å². The summed E-state index contributed by atoms with van der Waals surface area (Å²) in [6.07, 6.45) is 2.59. The highest BCUT2D eigenvalue weighted by atomic mass is 14.8. The van der Waals surface area contributed by atoms with Gasteiger partial charge in [0.2, 0.25) is 0 Å². The fourth-order valence-corrected chi connectivity index (χ4v) is 1.90. The molecular weight excluding hydrogens is 158 g/mol. The van der Waals surface area contributed by atoms with Crippen molar-refractivity contribution in [1.82, 2.24) is 0 Å². The molecule has 0 saturated heterocycles. The first kappa shape index (κ1) is 8.76. The molecule has 0 aromatic heterocycles. The second-order valence-corrected chi connectivity index (χ2v) is 4.43. The van der Waals surface area contributed by atoms with Crippen LogP contribution in [0.5, 0.6) is 0 Å². The lowest BCUT2D eigenvalue weighted by Crippen LogP contribution is -2.35. The maximum absolute atomic E-state index is 6.31. The zero-order chi connectivity index (χ0) is 9.47. The first-order valence-electron chi connectivity index (χ1n) is 4.97. The summed E-state index contributed by atoms with van der Waals surface area (Å²) in [4.78, 5) is 0. The Balaban J connectivity index is 2.33. The van der Waals surface area contributed by atoms with Crippen LogP contribution in [0.4, 0.5) is 0 Å². The highest BCUT2D eigenvalue weighted by Gasteiger charge is 2.39. The molecule has 0 heterocycles. The third-order valence-corrected chi connectivity index (χ3v) is 3.07. The second-order valence-electron chi connectivity index (χ2n) is 4.43. The molecule has 1 aliphatic rings. The van der Waals surface area contributed by atoms with Gasteiger partial charge in [-0.05, 0) is 38.2 Å². The van der Waals surface area contributed by atoms with Crippen molar-refractivity contribution in [2.24, 2.45) is 11.7 Å². The lowest BCUT2D eigenvalue weighted by atomic mass is 9.87. The van der Waals surface area contributed by atoms with Crippen molar-refractivity contribution in [3.63, 3.8) is 0 Å². The van der Waals surface area contributed by atoms with Crippen LogP contribution in [-0.4, -0.2) is 0 Å². The average molecular weight is 175 g/mol. The molecule has 1 aliphatic carbocycles. The smallest absolute Gasteiger partial charge is 0.0409 e.